The van der Waals surface area contributed by atoms with E-state index < -0.39 is 44.1 Å². The van der Waals surface area contributed by atoms with E-state index in [9.17, 15) is 30.4 Å². The lowest BCUT2D eigenvalue weighted by molar-refractivity contribution is -0.137. The van der Waals surface area contributed by atoms with Crippen molar-refractivity contribution in [1.29, 1.82) is 0 Å². The van der Waals surface area contributed by atoms with Crippen molar-refractivity contribution in [2.24, 2.45) is 0 Å². The molecule has 0 atom stereocenters. The summed E-state index contributed by atoms with van der Waals surface area (Å²) in [6.45, 7) is 0. The first-order valence-electron chi connectivity index (χ1n) is 7.93. The van der Waals surface area contributed by atoms with Crippen LogP contribution in [0.1, 0.15) is 5.56 Å². The molecule has 10 heteroatoms. The van der Waals surface area contributed by atoms with Crippen molar-refractivity contribution in [3.63, 3.8) is 0 Å². The van der Waals surface area contributed by atoms with Crippen molar-refractivity contribution in [2.45, 2.75) is 11.1 Å². The molecule has 3 aromatic carbocycles. The van der Waals surface area contributed by atoms with Gasteiger partial charge in [-0.05, 0) is 35.9 Å². The van der Waals surface area contributed by atoms with E-state index in [1.54, 1.807) is 6.07 Å². The van der Waals surface area contributed by atoms with E-state index in [4.69, 9.17) is 11.6 Å². The summed E-state index contributed by atoms with van der Waals surface area (Å²) in [6, 6.07) is 10.9. The zero-order chi connectivity index (χ0) is 21.4. The van der Waals surface area contributed by atoms with Gasteiger partial charge in [0.1, 0.15) is 0 Å². The van der Waals surface area contributed by atoms with Crippen molar-refractivity contribution in [2.75, 3.05) is 4.72 Å². The first-order valence-corrected chi connectivity index (χ1v) is 9.79. The van der Waals surface area contributed by atoms with Gasteiger partial charge in [0.05, 0.1) is 21.2 Å². The van der Waals surface area contributed by atoms with Crippen LogP contribution in [0.25, 0.3) is 11.1 Å². The van der Waals surface area contributed by atoms with Crippen LogP contribution in [0.3, 0.4) is 0 Å². The minimum absolute atomic E-state index is 0.164. The van der Waals surface area contributed by atoms with Crippen molar-refractivity contribution in [1.82, 2.24) is 0 Å². The van der Waals surface area contributed by atoms with Crippen LogP contribution < -0.4 is 4.72 Å². The van der Waals surface area contributed by atoms with Crippen LogP contribution in [0.4, 0.5) is 27.6 Å². The predicted octanol–water partition coefficient (Wildman–Crippen LogP) is 6.10. The minimum atomic E-state index is -4.80. The van der Waals surface area contributed by atoms with Crippen molar-refractivity contribution in [3.8, 4) is 11.1 Å². The Morgan fingerprint density at radius 2 is 1.48 bits per heavy atom. The van der Waals surface area contributed by atoms with E-state index >= 15 is 0 Å². The molecule has 0 bridgehead atoms. The SMILES string of the molecule is O=S(=O)(Nc1cc(F)c(F)cc1-c1ccc(Cl)c(C(F)(F)F)c1)c1ccccc1. The van der Waals surface area contributed by atoms with Crippen LogP contribution in [0.5, 0.6) is 0 Å². The highest BCUT2D eigenvalue weighted by Gasteiger charge is 2.33. The van der Waals surface area contributed by atoms with Gasteiger partial charge >= 0.3 is 6.18 Å². The fourth-order valence-electron chi connectivity index (χ4n) is 2.58. The minimum Gasteiger partial charge on any atom is -0.279 e. The van der Waals surface area contributed by atoms with Gasteiger partial charge in [-0.3, -0.25) is 4.72 Å². The molecule has 0 saturated carbocycles. The third kappa shape index (κ3) is 4.51. The molecule has 0 aliphatic carbocycles. The first-order chi connectivity index (χ1) is 13.5. The highest BCUT2D eigenvalue weighted by Crippen LogP contribution is 2.39. The third-order valence-corrected chi connectivity index (χ3v) is 5.65. The smallest absolute Gasteiger partial charge is 0.279 e. The molecule has 0 amide bonds. The average molecular weight is 448 g/mol. The van der Waals surface area contributed by atoms with Crippen molar-refractivity contribution in [3.05, 3.63) is 82.9 Å². The fourth-order valence-corrected chi connectivity index (χ4v) is 3.90. The summed E-state index contributed by atoms with van der Waals surface area (Å²) in [4.78, 5) is -0.164. The normalized spacial score (nSPS) is 12.1. The number of alkyl halides is 3. The lowest BCUT2D eigenvalue weighted by Crippen LogP contribution is -2.14. The second kappa shape index (κ2) is 7.64. The molecular weight excluding hydrogens is 437 g/mol. The summed E-state index contributed by atoms with van der Waals surface area (Å²) in [5, 5.41) is -0.588. The number of halogens is 6. The van der Waals surface area contributed by atoms with Crippen LogP contribution >= 0.6 is 11.6 Å². The van der Waals surface area contributed by atoms with Crippen LogP contribution in [-0.2, 0) is 16.2 Å². The maximum absolute atomic E-state index is 13.8. The summed E-state index contributed by atoms with van der Waals surface area (Å²) < 4.78 is 94.2. The molecule has 0 saturated heterocycles. The fraction of sp³-hybridized carbons (Fsp3) is 0.0526. The van der Waals surface area contributed by atoms with Crippen LogP contribution in [0, 0.1) is 11.6 Å². The van der Waals surface area contributed by atoms with Crippen LogP contribution in [0.15, 0.2) is 65.6 Å². The summed E-state index contributed by atoms with van der Waals surface area (Å²) in [5.74, 6) is -2.73. The van der Waals surface area contributed by atoms with Crippen LogP contribution in [-0.4, -0.2) is 8.42 Å². The van der Waals surface area contributed by atoms with E-state index in [2.05, 4.69) is 4.72 Å². The molecular formula is C19H11ClF5NO2S. The van der Waals surface area contributed by atoms with E-state index in [-0.39, 0.29) is 16.0 Å². The number of rotatable bonds is 4. The molecule has 3 nitrogen and oxygen atoms in total. The standard InChI is InChI=1S/C19H11ClF5NO2S/c20-15-7-6-11(8-14(15)19(23,24)25)13-9-16(21)17(22)10-18(13)26-29(27,28)12-4-2-1-3-5-12/h1-10,26H. The zero-order valence-corrected chi connectivity index (χ0v) is 15.8. The molecule has 0 heterocycles. The Morgan fingerprint density at radius 1 is 0.862 bits per heavy atom. The highest BCUT2D eigenvalue weighted by atomic mass is 35.5. The van der Waals surface area contributed by atoms with Crippen molar-refractivity contribution < 1.29 is 30.4 Å². The largest absolute Gasteiger partial charge is 0.417 e. The summed E-state index contributed by atoms with van der Waals surface area (Å²) in [7, 11) is -4.21. The Kier molecular flexibility index (Phi) is 5.55. The molecule has 3 rings (SSSR count). The molecule has 0 radical (unpaired) electrons. The quantitative estimate of drug-likeness (QED) is 0.491. The summed E-state index contributed by atoms with van der Waals surface area (Å²) in [5.41, 5.74) is -2.11. The second-order valence-electron chi connectivity index (χ2n) is 5.92. The molecule has 0 aromatic heterocycles. The van der Waals surface area contributed by atoms with Gasteiger partial charge in [0, 0.05) is 11.6 Å². The Labute approximate surface area is 167 Å². The summed E-state index contributed by atoms with van der Waals surface area (Å²) in [6.07, 6.45) is -4.80. The Balaban J connectivity index is 2.16. The lowest BCUT2D eigenvalue weighted by atomic mass is 10.0. The maximum Gasteiger partial charge on any atom is 0.417 e. The van der Waals surface area contributed by atoms with E-state index in [1.165, 1.54) is 24.3 Å². The van der Waals surface area contributed by atoms with Gasteiger partial charge in [-0.2, -0.15) is 13.2 Å². The topological polar surface area (TPSA) is 46.2 Å². The number of nitrogens with one attached hydrogen (secondary N) is 1. The second-order valence-corrected chi connectivity index (χ2v) is 8.01. The Hall–Kier alpha value is -2.65. The monoisotopic (exact) mass is 447 g/mol. The van der Waals surface area contributed by atoms with Gasteiger partial charge in [0.25, 0.3) is 10.0 Å². The molecule has 0 aliphatic rings. The number of anilines is 1. The summed E-state index contributed by atoms with van der Waals surface area (Å²) >= 11 is 5.59. The van der Waals surface area contributed by atoms with Crippen molar-refractivity contribution >= 4 is 27.3 Å². The molecule has 0 fully saturated rings. The zero-order valence-electron chi connectivity index (χ0n) is 14.3. The van der Waals surface area contributed by atoms with Gasteiger partial charge in [-0.15, -0.1) is 0 Å². The Bertz CT molecular complexity index is 1170. The van der Waals surface area contributed by atoms with E-state index in [0.717, 1.165) is 12.1 Å². The molecule has 29 heavy (non-hydrogen) atoms. The van der Waals surface area contributed by atoms with Gasteiger partial charge in [-0.1, -0.05) is 35.9 Å². The molecule has 152 valence electrons. The van der Waals surface area contributed by atoms with Gasteiger partial charge < -0.3 is 0 Å². The first kappa shape index (κ1) is 21.1. The Morgan fingerprint density at radius 3 is 2.10 bits per heavy atom. The molecule has 1 N–H and O–H groups in total. The van der Waals surface area contributed by atoms with E-state index in [1.807, 2.05) is 0 Å². The molecule has 0 spiro atoms. The maximum atomic E-state index is 13.8. The number of sulfonamides is 1. The van der Waals surface area contributed by atoms with Crippen LogP contribution in [0.2, 0.25) is 5.02 Å². The van der Waals surface area contributed by atoms with Gasteiger partial charge in [0.15, 0.2) is 11.6 Å². The average Bonchev–Trinajstić information content (AvgIpc) is 2.64. The van der Waals surface area contributed by atoms with E-state index in [0.29, 0.717) is 18.2 Å². The number of hydrogen-bond acceptors (Lipinski definition) is 2. The lowest BCUT2D eigenvalue weighted by Gasteiger charge is -2.16. The number of hydrogen-bond donors (Lipinski definition) is 1. The number of benzene rings is 3. The van der Waals surface area contributed by atoms with Gasteiger partial charge in [-0.25, -0.2) is 17.2 Å². The predicted molar refractivity (Wildman–Crippen MR) is 99.1 cm³/mol. The van der Waals surface area contributed by atoms with Gasteiger partial charge in [0.2, 0.25) is 0 Å². The molecule has 0 aliphatic heterocycles. The highest BCUT2D eigenvalue weighted by molar-refractivity contribution is 7.92. The molecule has 0 unspecified atom stereocenters. The third-order valence-electron chi connectivity index (χ3n) is 3.94. The molecule has 3 aromatic rings.